The van der Waals surface area contributed by atoms with Crippen LogP contribution < -0.4 is 5.73 Å². The van der Waals surface area contributed by atoms with Crippen LogP contribution in [-0.2, 0) is 0 Å². The number of hydrogen-bond acceptors (Lipinski definition) is 2. The third-order valence-electron chi connectivity index (χ3n) is 2.06. The van der Waals surface area contributed by atoms with E-state index in [1.54, 1.807) is 0 Å². The maximum Gasteiger partial charge on any atom is 0.0696 e. The molecule has 80 valence electrons. The number of nitrogens with two attached hydrogens (primary N) is 1. The highest BCUT2D eigenvalue weighted by atomic mass is 16.3. The summed E-state index contributed by atoms with van der Waals surface area (Å²) in [6.07, 6.45) is 1.32. The fourth-order valence-electron chi connectivity index (χ4n) is 1.48. The van der Waals surface area contributed by atoms with Crippen LogP contribution in [0.1, 0.15) is 47.5 Å². The summed E-state index contributed by atoms with van der Waals surface area (Å²) >= 11 is 0. The topological polar surface area (TPSA) is 46.2 Å². The monoisotopic (exact) mass is 187 g/mol. The molecule has 0 aromatic rings. The zero-order valence-corrected chi connectivity index (χ0v) is 9.67. The zero-order valence-electron chi connectivity index (χ0n) is 9.67. The van der Waals surface area contributed by atoms with Crippen LogP contribution in [-0.4, -0.2) is 17.3 Å². The van der Waals surface area contributed by atoms with Crippen molar-refractivity contribution in [3.63, 3.8) is 0 Å². The van der Waals surface area contributed by atoms with Gasteiger partial charge in [-0.25, -0.2) is 0 Å². The lowest BCUT2D eigenvalue weighted by atomic mass is 9.85. The van der Waals surface area contributed by atoms with Gasteiger partial charge < -0.3 is 10.8 Å². The Kier molecular flexibility index (Phi) is 4.93. The molecule has 2 nitrogen and oxygen atoms in total. The van der Waals surface area contributed by atoms with Crippen molar-refractivity contribution in [2.45, 2.75) is 59.6 Å². The van der Waals surface area contributed by atoms with Crippen LogP contribution in [0.25, 0.3) is 0 Å². The van der Waals surface area contributed by atoms with Gasteiger partial charge in [0.25, 0.3) is 0 Å². The summed E-state index contributed by atoms with van der Waals surface area (Å²) < 4.78 is 0. The Balaban J connectivity index is 3.89. The van der Waals surface area contributed by atoms with Crippen LogP contribution in [0.3, 0.4) is 0 Å². The smallest absolute Gasteiger partial charge is 0.0696 e. The van der Waals surface area contributed by atoms with Crippen LogP contribution >= 0.6 is 0 Å². The molecule has 0 saturated carbocycles. The second kappa shape index (κ2) is 4.97. The van der Waals surface area contributed by atoms with Crippen molar-refractivity contribution in [1.29, 1.82) is 0 Å². The summed E-state index contributed by atoms with van der Waals surface area (Å²) in [4.78, 5) is 0. The van der Waals surface area contributed by atoms with Crippen LogP contribution in [0, 0.1) is 11.3 Å². The molecule has 2 atom stereocenters. The molecule has 0 spiro atoms. The quantitative estimate of drug-likeness (QED) is 0.708. The SMILES string of the molecule is CC(C)CC(N)C(O)CC(C)(C)C. The number of aliphatic hydroxyl groups is 1. The lowest BCUT2D eigenvalue weighted by molar-refractivity contribution is 0.0893. The molecule has 0 saturated heterocycles. The Morgan fingerprint density at radius 1 is 1.23 bits per heavy atom. The van der Waals surface area contributed by atoms with E-state index in [9.17, 15) is 5.11 Å². The molecule has 0 heterocycles. The molecule has 0 aliphatic heterocycles. The van der Waals surface area contributed by atoms with Gasteiger partial charge in [-0.1, -0.05) is 34.6 Å². The standard InChI is InChI=1S/C11H25NO/c1-8(2)6-9(12)10(13)7-11(3,4)5/h8-10,13H,6-7,12H2,1-5H3. The van der Waals surface area contributed by atoms with Gasteiger partial charge in [-0.05, 0) is 24.2 Å². The molecular weight excluding hydrogens is 162 g/mol. The molecule has 0 aromatic carbocycles. The van der Waals surface area contributed by atoms with Crippen molar-refractivity contribution >= 4 is 0 Å². The third-order valence-corrected chi connectivity index (χ3v) is 2.06. The van der Waals surface area contributed by atoms with E-state index in [2.05, 4.69) is 34.6 Å². The molecular formula is C11H25NO. The van der Waals surface area contributed by atoms with E-state index >= 15 is 0 Å². The van der Waals surface area contributed by atoms with Gasteiger partial charge in [0, 0.05) is 6.04 Å². The lowest BCUT2D eigenvalue weighted by Crippen LogP contribution is -2.38. The highest BCUT2D eigenvalue weighted by molar-refractivity contribution is 4.77. The van der Waals surface area contributed by atoms with Crippen molar-refractivity contribution in [3.05, 3.63) is 0 Å². The second-order valence-electron chi connectivity index (χ2n) is 5.63. The minimum Gasteiger partial charge on any atom is -0.391 e. The van der Waals surface area contributed by atoms with E-state index in [0.717, 1.165) is 12.8 Å². The van der Waals surface area contributed by atoms with E-state index in [0.29, 0.717) is 5.92 Å². The molecule has 0 aromatic heterocycles. The lowest BCUT2D eigenvalue weighted by Gasteiger charge is -2.27. The Morgan fingerprint density at radius 3 is 2.00 bits per heavy atom. The summed E-state index contributed by atoms with van der Waals surface area (Å²) in [5.74, 6) is 0.560. The van der Waals surface area contributed by atoms with Crippen LogP contribution in [0.2, 0.25) is 0 Å². The fraction of sp³-hybridized carbons (Fsp3) is 1.00. The second-order valence-corrected chi connectivity index (χ2v) is 5.63. The summed E-state index contributed by atoms with van der Waals surface area (Å²) in [6.45, 7) is 10.6. The number of aliphatic hydroxyl groups excluding tert-OH is 1. The summed E-state index contributed by atoms with van der Waals surface area (Å²) in [7, 11) is 0. The maximum absolute atomic E-state index is 9.78. The Bertz CT molecular complexity index is 138. The van der Waals surface area contributed by atoms with Gasteiger partial charge in [0.05, 0.1) is 6.10 Å². The molecule has 0 rings (SSSR count). The predicted molar refractivity (Wildman–Crippen MR) is 57.5 cm³/mol. The molecule has 0 amide bonds. The summed E-state index contributed by atoms with van der Waals surface area (Å²) in [5.41, 5.74) is 6.04. The van der Waals surface area contributed by atoms with Gasteiger partial charge in [0.2, 0.25) is 0 Å². The minimum absolute atomic E-state index is 0.0702. The van der Waals surface area contributed by atoms with Gasteiger partial charge in [-0.15, -0.1) is 0 Å². The molecule has 0 aliphatic rings. The van der Waals surface area contributed by atoms with E-state index in [1.807, 2.05) is 0 Å². The van der Waals surface area contributed by atoms with Crippen LogP contribution in [0.4, 0.5) is 0 Å². The first-order chi connectivity index (χ1) is 5.72. The van der Waals surface area contributed by atoms with Crippen molar-refractivity contribution in [2.75, 3.05) is 0 Å². The normalized spacial score (nSPS) is 17.5. The van der Waals surface area contributed by atoms with E-state index in [1.165, 1.54) is 0 Å². The number of rotatable bonds is 4. The first kappa shape index (κ1) is 12.9. The molecule has 0 radical (unpaired) electrons. The van der Waals surface area contributed by atoms with Gasteiger partial charge in [0.15, 0.2) is 0 Å². The highest BCUT2D eigenvalue weighted by Gasteiger charge is 2.22. The fourth-order valence-corrected chi connectivity index (χ4v) is 1.48. The Labute approximate surface area is 82.5 Å². The van der Waals surface area contributed by atoms with Gasteiger partial charge >= 0.3 is 0 Å². The Hall–Kier alpha value is -0.0800. The largest absolute Gasteiger partial charge is 0.391 e. The molecule has 3 N–H and O–H groups in total. The maximum atomic E-state index is 9.78. The van der Waals surface area contributed by atoms with E-state index < -0.39 is 0 Å². The average Bonchev–Trinajstić information content (AvgIpc) is 1.81. The third kappa shape index (κ3) is 7.03. The molecule has 2 heteroatoms. The molecule has 0 fully saturated rings. The molecule has 0 aliphatic carbocycles. The highest BCUT2D eigenvalue weighted by Crippen LogP contribution is 2.23. The van der Waals surface area contributed by atoms with Crippen molar-refractivity contribution in [3.8, 4) is 0 Å². The predicted octanol–water partition coefficient (Wildman–Crippen LogP) is 2.16. The van der Waals surface area contributed by atoms with Crippen LogP contribution in [0.5, 0.6) is 0 Å². The molecule has 0 bridgehead atoms. The molecule has 13 heavy (non-hydrogen) atoms. The summed E-state index contributed by atoms with van der Waals surface area (Å²) in [5, 5.41) is 9.78. The average molecular weight is 187 g/mol. The van der Waals surface area contributed by atoms with Crippen LogP contribution in [0.15, 0.2) is 0 Å². The summed E-state index contributed by atoms with van der Waals surface area (Å²) in [6, 6.07) is -0.0702. The van der Waals surface area contributed by atoms with Crippen molar-refractivity contribution in [1.82, 2.24) is 0 Å². The first-order valence-corrected chi connectivity index (χ1v) is 5.16. The first-order valence-electron chi connectivity index (χ1n) is 5.16. The Morgan fingerprint density at radius 2 is 1.69 bits per heavy atom. The van der Waals surface area contributed by atoms with Gasteiger partial charge in [0.1, 0.15) is 0 Å². The van der Waals surface area contributed by atoms with Gasteiger partial charge in [-0.2, -0.15) is 0 Å². The minimum atomic E-state index is -0.359. The van der Waals surface area contributed by atoms with Gasteiger partial charge in [-0.3, -0.25) is 0 Å². The molecule has 2 unspecified atom stereocenters. The number of hydrogen-bond donors (Lipinski definition) is 2. The van der Waals surface area contributed by atoms with Crippen molar-refractivity contribution < 1.29 is 5.11 Å². The van der Waals surface area contributed by atoms with E-state index in [-0.39, 0.29) is 17.6 Å². The zero-order chi connectivity index (χ0) is 10.6. The van der Waals surface area contributed by atoms with E-state index in [4.69, 9.17) is 5.73 Å². The van der Waals surface area contributed by atoms with Crippen molar-refractivity contribution in [2.24, 2.45) is 17.1 Å².